The average molecular weight is 231 g/mol. The number of Topliss-reactive ketones (excluding diaryl/α,β-unsaturated/α-hetero) is 1. The van der Waals surface area contributed by atoms with Crippen LogP contribution in [0.25, 0.3) is 0 Å². The first kappa shape index (κ1) is 12.0. The Morgan fingerprint density at radius 1 is 1.53 bits per heavy atom. The summed E-state index contributed by atoms with van der Waals surface area (Å²) in [5.74, 6) is -0.118. The van der Waals surface area contributed by atoms with E-state index in [4.69, 9.17) is 16.3 Å². The lowest BCUT2D eigenvalue weighted by Gasteiger charge is -2.11. The predicted octanol–water partition coefficient (Wildman–Crippen LogP) is 3.01. The van der Waals surface area contributed by atoms with Crippen molar-refractivity contribution in [1.29, 1.82) is 0 Å². The number of hydrogen-bond donors (Lipinski definition) is 0. The summed E-state index contributed by atoms with van der Waals surface area (Å²) in [6, 6.07) is 2.45. The van der Waals surface area contributed by atoms with Crippen LogP contribution in [-0.4, -0.2) is 12.4 Å². The summed E-state index contributed by atoms with van der Waals surface area (Å²) in [6.07, 6.45) is 0.132. The van der Waals surface area contributed by atoms with Gasteiger partial charge >= 0.3 is 0 Å². The minimum Gasteiger partial charge on any atom is -0.492 e. The normalized spacial score (nSPS) is 10.1. The van der Waals surface area contributed by atoms with E-state index in [1.54, 1.807) is 6.92 Å². The fraction of sp³-hybridized carbons (Fsp3) is 0.364. The Bertz CT molecular complexity index is 377. The molecular weight excluding hydrogens is 219 g/mol. The van der Waals surface area contributed by atoms with Gasteiger partial charge in [-0.25, -0.2) is 4.39 Å². The number of hydrogen-bond acceptors (Lipinski definition) is 2. The molecule has 1 aromatic rings. The predicted molar refractivity (Wildman–Crippen MR) is 57.0 cm³/mol. The van der Waals surface area contributed by atoms with Gasteiger partial charge in [-0.2, -0.15) is 0 Å². The number of benzene rings is 1. The highest BCUT2D eigenvalue weighted by Gasteiger charge is 2.12. The van der Waals surface area contributed by atoms with Crippen LogP contribution in [0.2, 0.25) is 5.02 Å². The largest absolute Gasteiger partial charge is 0.492 e. The third kappa shape index (κ3) is 3.20. The third-order valence-corrected chi connectivity index (χ3v) is 2.09. The van der Waals surface area contributed by atoms with Crippen molar-refractivity contribution < 1.29 is 13.9 Å². The van der Waals surface area contributed by atoms with E-state index in [9.17, 15) is 9.18 Å². The molecule has 0 atom stereocenters. The SMILES string of the molecule is CCOc1c(Cl)cc(F)cc1CC(C)=O. The summed E-state index contributed by atoms with van der Waals surface area (Å²) in [6.45, 7) is 3.67. The highest BCUT2D eigenvalue weighted by Crippen LogP contribution is 2.30. The second kappa shape index (κ2) is 5.12. The number of carbonyl (C=O) groups excluding carboxylic acids is 1. The minimum absolute atomic E-state index is 0.0578. The fourth-order valence-electron chi connectivity index (χ4n) is 1.32. The van der Waals surface area contributed by atoms with Gasteiger partial charge in [0.1, 0.15) is 17.3 Å². The zero-order valence-corrected chi connectivity index (χ0v) is 9.40. The van der Waals surface area contributed by atoms with Gasteiger partial charge in [0.05, 0.1) is 11.6 Å². The molecule has 0 aliphatic heterocycles. The zero-order chi connectivity index (χ0) is 11.4. The molecule has 0 aromatic heterocycles. The zero-order valence-electron chi connectivity index (χ0n) is 8.64. The highest BCUT2D eigenvalue weighted by molar-refractivity contribution is 6.32. The van der Waals surface area contributed by atoms with Crippen LogP contribution in [0, 0.1) is 5.82 Å². The Hall–Kier alpha value is -1.09. The van der Waals surface area contributed by atoms with Crippen molar-refractivity contribution in [2.45, 2.75) is 20.3 Å². The van der Waals surface area contributed by atoms with Crippen LogP contribution in [0.15, 0.2) is 12.1 Å². The molecule has 2 nitrogen and oxygen atoms in total. The van der Waals surface area contributed by atoms with Crippen molar-refractivity contribution in [3.8, 4) is 5.75 Å². The molecule has 0 fully saturated rings. The van der Waals surface area contributed by atoms with Gasteiger partial charge in [0.15, 0.2) is 0 Å². The maximum atomic E-state index is 13.0. The molecule has 0 bridgehead atoms. The quantitative estimate of drug-likeness (QED) is 0.795. The molecule has 0 aliphatic rings. The summed E-state index contributed by atoms with van der Waals surface area (Å²) >= 11 is 5.82. The van der Waals surface area contributed by atoms with Crippen LogP contribution in [0.3, 0.4) is 0 Å². The lowest BCUT2D eigenvalue weighted by Crippen LogP contribution is -2.03. The van der Waals surface area contributed by atoms with Crippen molar-refractivity contribution in [1.82, 2.24) is 0 Å². The van der Waals surface area contributed by atoms with Crippen LogP contribution >= 0.6 is 11.6 Å². The van der Waals surface area contributed by atoms with Crippen molar-refractivity contribution >= 4 is 17.4 Å². The van der Waals surface area contributed by atoms with Gasteiger partial charge in [-0.3, -0.25) is 4.79 Å². The van der Waals surface area contributed by atoms with Gasteiger partial charge in [0, 0.05) is 12.0 Å². The second-order valence-electron chi connectivity index (χ2n) is 3.19. The van der Waals surface area contributed by atoms with E-state index in [1.165, 1.54) is 19.1 Å². The Balaban J connectivity index is 3.13. The molecule has 0 amide bonds. The minimum atomic E-state index is -0.459. The maximum Gasteiger partial charge on any atom is 0.141 e. The summed E-state index contributed by atoms with van der Waals surface area (Å²) in [7, 11) is 0. The van der Waals surface area contributed by atoms with E-state index in [0.29, 0.717) is 17.9 Å². The van der Waals surface area contributed by atoms with Gasteiger partial charge in [-0.1, -0.05) is 11.6 Å². The monoisotopic (exact) mass is 230 g/mol. The van der Waals surface area contributed by atoms with Crippen LogP contribution in [0.5, 0.6) is 5.75 Å². The molecule has 0 N–H and O–H groups in total. The first-order chi connectivity index (χ1) is 7.04. The lowest BCUT2D eigenvalue weighted by molar-refractivity contribution is -0.116. The molecule has 4 heteroatoms. The Morgan fingerprint density at radius 3 is 2.73 bits per heavy atom. The third-order valence-electron chi connectivity index (χ3n) is 1.81. The number of rotatable bonds is 4. The summed E-state index contributed by atoms with van der Waals surface area (Å²) in [5, 5.41) is 0.202. The maximum absolute atomic E-state index is 13.0. The van der Waals surface area contributed by atoms with E-state index in [1.807, 2.05) is 0 Å². The molecule has 0 unspecified atom stereocenters. The molecule has 0 saturated heterocycles. The number of ether oxygens (including phenoxy) is 1. The smallest absolute Gasteiger partial charge is 0.141 e. The van der Waals surface area contributed by atoms with Crippen molar-refractivity contribution in [3.63, 3.8) is 0 Å². The van der Waals surface area contributed by atoms with E-state index in [0.717, 1.165) is 0 Å². The molecule has 0 saturated carbocycles. The molecule has 0 heterocycles. The van der Waals surface area contributed by atoms with E-state index < -0.39 is 5.82 Å². The van der Waals surface area contributed by atoms with E-state index in [-0.39, 0.29) is 17.2 Å². The average Bonchev–Trinajstić information content (AvgIpc) is 2.10. The molecule has 82 valence electrons. The Kier molecular flexibility index (Phi) is 4.09. The molecule has 0 spiro atoms. The van der Waals surface area contributed by atoms with Crippen molar-refractivity contribution in [2.75, 3.05) is 6.61 Å². The molecular formula is C11H12ClFO2. The van der Waals surface area contributed by atoms with Crippen LogP contribution in [0.4, 0.5) is 4.39 Å². The molecule has 0 radical (unpaired) electrons. The Labute approximate surface area is 93.0 Å². The Morgan fingerprint density at radius 2 is 2.20 bits per heavy atom. The lowest BCUT2D eigenvalue weighted by atomic mass is 10.1. The number of halogens is 2. The topological polar surface area (TPSA) is 26.3 Å². The fourth-order valence-corrected chi connectivity index (χ4v) is 1.60. The van der Waals surface area contributed by atoms with Gasteiger partial charge in [0.2, 0.25) is 0 Å². The summed E-state index contributed by atoms with van der Waals surface area (Å²) in [4.78, 5) is 11.0. The van der Waals surface area contributed by atoms with Crippen molar-refractivity contribution in [3.05, 3.63) is 28.5 Å². The van der Waals surface area contributed by atoms with Crippen LogP contribution in [-0.2, 0) is 11.2 Å². The molecule has 0 aliphatic carbocycles. The second-order valence-corrected chi connectivity index (χ2v) is 3.59. The van der Waals surface area contributed by atoms with Crippen LogP contribution < -0.4 is 4.74 Å². The van der Waals surface area contributed by atoms with E-state index >= 15 is 0 Å². The standard InChI is InChI=1S/C11H12ClFO2/c1-3-15-11-8(4-7(2)14)5-9(13)6-10(11)12/h5-6H,3-4H2,1-2H3. The van der Waals surface area contributed by atoms with Gasteiger partial charge in [-0.15, -0.1) is 0 Å². The highest BCUT2D eigenvalue weighted by atomic mass is 35.5. The number of ketones is 1. The van der Waals surface area contributed by atoms with Gasteiger partial charge < -0.3 is 4.74 Å². The molecule has 15 heavy (non-hydrogen) atoms. The molecule has 1 rings (SSSR count). The van der Waals surface area contributed by atoms with Gasteiger partial charge in [0.25, 0.3) is 0 Å². The van der Waals surface area contributed by atoms with Crippen LogP contribution in [0.1, 0.15) is 19.4 Å². The molecule has 1 aromatic carbocycles. The van der Waals surface area contributed by atoms with Gasteiger partial charge in [-0.05, 0) is 26.0 Å². The summed E-state index contributed by atoms with van der Waals surface area (Å²) < 4.78 is 18.3. The van der Waals surface area contributed by atoms with E-state index in [2.05, 4.69) is 0 Å². The first-order valence-electron chi connectivity index (χ1n) is 4.64. The first-order valence-corrected chi connectivity index (χ1v) is 5.02. The van der Waals surface area contributed by atoms with Crippen molar-refractivity contribution in [2.24, 2.45) is 0 Å². The number of carbonyl (C=O) groups is 1. The summed E-state index contributed by atoms with van der Waals surface area (Å²) in [5.41, 5.74) is 0.495.